The van der Waals surface area contributed by atoms with Crippen LogP contribution in [0.1, 0.15) is 19.3 Å². The van der Waals surface area contributed by atoms with E-state index >= 15 is 0 Å². The van der Waals surface area contributed by atoms with Crippen LogP contribution in [-0.2, 0) is 0 Å². The Balaban J connectivity index is 2.69. The molecule has 11 heavy (non-hydrogen) atoms. The number of nitrogens with two attached hydrogens (primary N) is 1. The summed E-state index contributed by atoms with van der Waals surface area (Å²) < 4.78 is 0. The summed E-state index contributed by atoms with van der Waals surface area (Å²) >= 11 is 5.27. The van der Waals surface area contributed by atoms with Crippen LogP contribution in [0.15, 0.2) is 0 Å². The Bertz CT molecular complexity index is 62.7. The smallest absolute Gasteiger partial charge is 0.0120 e. The van der Waals surface area contributed by atoms with E-state index in [1.165, 1.54) is 6.42 Å². The van der Waals surface area contributed by atoms with Gasteiger partial charge in [0.15, 0.2) is 0 Å². The first-order chi connectivity index (χ1) is 5.41. The first kappa shape index (κ1) is 11.2. The van der Waals surface area contributed by atoms with E-state index in [4.69, 9.17) is 17.5 Å². The Morgan fingerprint density at radius 2 is 1.73 bits per heavy atom. The fraction of sp³-hybridized carbons (Fsp3) is 1.00. The van der Waals surface area contributed by atoms with Gasteiger partial charge in [0.1, 0.15) is 0 Å². The van der Waals surface area contributed by atoms with E-state index < -0.39 is 0 Å². The van der Waals surface area contributed by atoms with Gasteiger partial charge in [0, 0.05) is 6.54 Å². The van der Waals surface area contributed by atoms with Crippen molar-refractivity contribution in [3.05, 3.63) is 0 Å². The third-order valence-corrected chi connectivity index (χ3v) is 1.62. The molecule has 0 aliphatic heterocycles. The third-order valence-electron chi connectivity index (χ3n) is 1.43. The Hall–Kier alpha value is 0.170. The first-order valence-electron chi connectivity index (χ1n) is 4.16. The molecule has 0 saturated heterocycles. The molecule has 3 nitrogen and oxygen atoms in total. The topological polar surface area (TPSA) is 50.1 Å². The summed E-state index contributed by atoms with van der Waals surface area (Å²) in [4.78, 5) is 2.58. The zero-order valence-corrected chi connectivity index (χ0v) is 7.66. The fourth-order valence-corrected chi connectivity index (χ4v) is 0.933. The Kier molecular flexibility index (Phi) is 10.3. The molecule has 0 rings (SSSR count). The first-order valence-corrected chi connectivity index (χ1v) is 4.54. The molecule has 0 bridgehead atoms. The molecule has 0 amide bonds. The van der Waals surface area contributed by atoms with Gasteiger partial charge in [-0.25, -0.2) is 4.84 Å². The van der Waals surface area contributed by atoms with Gasteiger partial charge in [-0.15, -0.1) is 0 Å². The summed E-state index contributed by atoms with van der Waals surface area (Å²) in [6.45, 7) is 3.76. The summed E-state index contributed by atoms with van der Waals surface area (Å²) in [6.07, 6.45) is 3.36. The number of hydrogen-bond donors (Lipinski definition) is 3. The molecule has 0 aromatic rings. The molecule has 0 saturated carbocycles. The average molecular weight is 180 g/mol. The van der Waals surface area contributed by atoms with Gasteiger partial charge in [0.25, 0.3) is 0 Å². The predicted molar refractivity (Wildman–Crippen MR) is 49.6 cm³/mol. The fourth-order valence-electron chi connectivity index (χ4n) is 0.800. The van der Waals surface area contributed by atoms with Crippen LogP contribution in [0.2, 0.25) is 0 Å². The van der Waals surface area contributed by atoms with Crippen molar-refractivity contribution in [2.45, 2.75) is 19.3 Å². The highest BCUT2D eigenvalue weighted by molar-refractivity contribution is 6.13. The van der Waals surface area contributed by atoms with Crippen molar-refractivity contribution in [2.24, 2.45) is 5.73 Å². The number of halogens is 1. The van der Waals surface area contributed by atoms with E-state index in [-0.39, 0.29) is 0 Å². The second-order valence-corrected chi connectivity index (χ2v) is 2.75. The summed E-state index contributed by atoms with van der Waals surface area (Å²) in [7, 11) is 0. The molecule has 0 atom stereocenters. The molecule has 0 radical (unpaired) electrons. The van der Waals surface area contributed by atoms with Gasteiger partial charge in [-0.1, -0.05) is 0 Å². The van der Waals surface area contributed by atoms with E-state index in [1.54, 1.807) is 0 Å². The Labute approximate surface area is 73.8 Å². The maximum atomic E-state index is 5.34. The highest BCUT2D eigenvalue weighted by Gasteiger charge is 1.87. The lowest BCUT2D eigenvalue weighted by Gasteiger charge is -2.02. The van der Waals surface area contributed by atoms with Crippen molar-refractivity contribution in [1.29, 1.82) is 0 Å². The van der Waals surface area contributed by atoms with Crippen molar-refractivity contribution < 1.29 is 0 Å². The molecule has 0 fully saturated rings. The van der Waals surface area contributed by atoms with Crippen LogP contribution in [-0.4, -0.2) is 26.2 Å². The lowest BCUT2D eigenvalue weighted by Crippen LogP contribution is -2.20. The highest BCUT2D eigenvalue weighted by atomic mass is 35.5. The van der Waals surface area contributed by atoms with E-state index in [0.717, 1.165) is 39.0 Å². The molecular formula is C7H18ClN3. The molecule has 4 heteroatoms. The van der Waals surface area contributed by atoms with Crippen LogP contribution in [0.25, 0.3) is 0 Å². The molecule has 0 aliphatic carbocycles. The maximum absolute atomic E-state index is 5.34. The number of rotatable bonds is 8. The second-order valence-electron chi connectivity index (χ2n) is 2.48. The molecular weight excluding hydrogens is 162 g/mol. The van der Waals surface area contributed by atoms with Crippen LogP contribution in [0.3, 0.4) is 0 Å². The van der Waals surface area contributed by atoms with Gasteiger partial charge in [-0.05, 0) is 50.7 Å². The van der Waals surface area contributed by atoms with Gasteiger partial charge >= 0.3 is 0 Å². The molecule has 4 N–H and O–H groups in total. The number of nitrogens with one attached hydrogen (secondary N) is 2. The van der Waals surface area contributed by atoms with E-state index in [2.05, 4.69) is 10.2 Å². The quantitative estimate of drug-likeness (QED) is 0.375. The van der Waals surface area contributed by atoms with Crippen molar-refractivity contribution in [1.82, 2.24) is 10.2 Å². The number of hydrogen-bond acceptors (Lipinski definition) is 3. The van der Waals surface area contributed by atoms with Gasteiger partial charge in [0.05, 0.1) is 0 Å². The minimum atomic E-state index is 0.797. The van der Waals surface area contributed by atoms with Crippen LogP contribution >= 0.6 is 11.8 Å². The Morgan fingerprint density at radius 1 is 1.00 bits per heavy atom. The van der Waals surface area contributed by atoms with Gasteiger partial charge < -0.3 is 11.1 Å². The van der Waals surface area contributed by atoms with E-state index in [9.17, 15) is 0 Å². The van der Waals surface area contributed by atoms with E-state index in [0.29, 0.717) is 0 Å². The van der Waals surface area contributed by atoms with E-state index in [1.807, 2.05) is 0 Å². The van der Waals surface area contributed by atoms with Crippen molar-refractivity contribution >= 4 is 11.8 Å². The molecule has 0 aromatic heterocycles. The molecule has 68 valence electrons. The minimum absolute atomic E-state index is 0.797. The SMILES string of the molecule is NCCCCNCCCNCl. The van der Waals surface area contributed by atoms with Crippen LogP contribution < -0.4 is 15.9 Å². The third kappa shape index (κ3) is 10.2. The number of unbranched alkanes of at least 4 members (excludes halogenated alkanes) is 1. The summed E-state index contributed by atoms with van der Waals surface area (Å²) in [5.41, 5.74) is 5.34. The standard InChI is InChI=1S/C7H18ClN3/c8-11-7-3-6-10-5-2-1-4-9/h10-11H,1-7,9H2. The maximum Gasteiger partial charge on any atom is 0.0120 e. The summed E-state index contributed by atoms with van der Waals surface area (Å²) in [6, 6.07) is 0. The molecule has 0 heterocycles. The second kappa shape index (κ2) is 10.2. The molecule has 0 aromatic carbocycles. The monoisotopic (exact) mass is 179 g/mol. The van der Waals surface area contributed by atoms with Gasteiger partial charge in [-0.2, -0.15) is 0 Å². The lowest BCUT2D eigenvalue weighted by molar-refractivity contribution is 0.605. The highest BCUT2D eigenvalue weighted by Crippen LogP contribution is 1.82. The van der Waals surface area contributed by atoms with Crippen LogP contribution in [0, 0.1) is 0 Å². The molecule has 0 unspecified atom stereocenters. The average Bonchev–Trinajstić information content (AvgIpc) is 2.03. The zero-order valence-electron chi connectivity index (χ0n) is 6.91. The predicted octanol–water partition coefficient (Wildman–Crippen LogP) is 0.448. The summed E-state index contributed by atoms with van der Waals surface area (Å²) in [5, 5.41) is 3.30. The largest absolute Gasteiger partial charge is 0.330 e. The van der Waals surface area contributed by atoms with Crippen molar-refractivity contribution in [3.63, 3.8) is 0 Å². The molecule has 0 aliphatic rings. The van der Waals surface area contributed by atoms with Crippen LogP contribution in [0.5, 0.6) is 0 Å². The van der Waals surface area contributed by atoms with Gasteiger partial charge in [-0.3, -0.25) is 0 Å². The minimum Gasteiger partial charge on any atom is -0.330 e. The Morgan fingerprint density at radius 3 is 2.36 bits per heavy atom. The van der Waals surface area contributed by atoms with Crippen molar-refractivity contribution in [3.8, 4) is 0 Å². The van der Waals surface area contributed by atoms with Gasteiger partial charge in [0.2, 0.25) is 0 Å². The van der Waals surface area contributed by atoms with Crippen molar-refractivity contribution in [2.75, 3.05) is 26.2 Å². The summed E-state index contributed by atoms with van der Waals surface area (Å²) in [5.74, 6) is 0. The molecule has 0 spiro atoms. The van der Waals surface area contributed by atoms with Crippen LogP contribution in [0.4, 0.5) is 0 Å². The normalized spacial score (nSPS) is 10.4. The zero-order chi connectivity index (χ0) is 8.36. The lowest BCUT2D eigenvalue weighted by atomic mass is 10.3.